The van der Waals surface area contributed by atoms with E-state index in [9.17, 15) is 0 Å². The molecule has 0 bridgehead atoms. The first-order valence-electron chi connectivity index (χ1n) is 6.89. The third kappa shape index (κ3) is 3.49. The molecule has 0 spiro atoms. The Labute approximate surface area is 128 Å². The van der Waals surface area contributed by atoms with Crippen molar-refractivity contribution in [2.24, 2.45) is 0 Å². The summed E-state index contributed by atoms with van der Waals surface area (Å²) in [6.45, 7) is 0.716. The second kappa shape index (κ2) is 6.54. The number of alkyl halides is 1. The van der Waals surface area contributed by atoms with Crippen LogP contribution >= 0.6 is 11.6 Å². The van der Waals surface area contributed by atoms with Crippen LogP contribution in [0.25, 0.3) is 5.69 Å². The maximum absolute atomic E-state index is 5.68. The maximum atomic E-state index is 5.68. The fourth-order valence-corrected chi connectivity index (χ4v) is 2.27. The van der Waals surface area contributed by atoms with E-state index in [1.807, 2.05) is 40.0 Å². The number of rotatable bonds is 6. The SMILES string of the molecule is ClCCCc1cn(Cc2ccc(-n3cccn3)cc2)nn1. The van der Waals surface area contributed by atoms with E-state index in [4.69, 9.17) is 11.6 Å². The Hall–Kier alpha value is -2.14. The van der Waals surface area contributed by atoms with E-state index >= 15 is 0 Å². The predicted molar refractivity (Wildman–Crippen MR) is 81.7 cm³/mol. The molecule has 0 saturated heterocycles. The molecule has 0 atom stereocenters. The van der Waals surface area contributed by atoms with Crippen LogP contribution in [0.3, 0.4) is 0 Å². The molecule has 0 aliphatic carbocycles. The van der Waals surface area contributed by atoms with Crippen LogP contribution in [-0.2, 0) is 13.0 Å². The lowest BCUT2D eigenvalue weighted by Gasteiger charge is -2.04. The predicted octanol–water partition coefficient (Wildman–Crippen LogP) is 2.68. The zero-order chi connectivity index (χ0) is 14.5. The summed E-state index contributed by atoms with van der Waals surface area (Å²) in [5.41, 5.74) is 3.22. The number of hydrogen-bond donors (Lipinski definition) is 0. The number of hydrogen-bond acceptors (Lipinski definition) is 3. The van der Waals surface area contributed by atoms with Gasteiger partial charge in [-0.1, -0.05) is 17.3 Å². The zero-order valence-corrected chi connectivity index (χ0v) is 12.3. The molecule has 0 unspecified atom stereocenters. The van der Waals surface area contributed by atoms with Crippen molar-refractivity contribution >= 4 is 11.6 Å². The highest BCUT2D eigenvalue weighted by molar-refractivity contribution is 6.17. The van der Waals surface area contributed by atoms with Gasteiger partial charge in [0.05, 0.1) is 17.9 Å². The molecule has 0 amide bonds. The minimum atomic E-state index is 0.655. The molecular weight excluding hydrogens is 286 g/mol. The maximum Gasteiger partial charge on any atom is 0.0827 e. The summed E-state index contributed by atoms with van der Waals surface area (Å²) >= 11 is 5.68. The Morgan fingerprint density at radius 3 is 2.71 bits per heavy atom. The topological polar surface area (TPSA) is 48.5 Å². The standard InChI is InChI=1S/C15H16ClN5/c16-8-1-3-14-12-20(19-18-14)11-13-4-6-15(7-5-13)21-10-2-9-17-21/h2,4-7,9-10,12H,1,3,8,11H2. The molecule has 2 aromatic heterocycles. The lowest BCUT2D eigenvalue weighted by atomic mass is 10.2. The molecule has 6 heteroatoms. The third-order valence-electron chi connectivity index (χ3n) is 3.20. The Balaban J connectivity index is 1.66. The number of aromatic nitrogens is 5. The Kier molecular flexibility index (Phi) is 4.31. The molecule has 0 N–H and O–H groups in total. The molecule has 3 aromatic rings. The zero-order valence-electron chi connectivity index (χ0n) is 11.6. The Morgan fingerprint density at radius 1 is 1.14 bits per heavy atom. The molecule has 0 saturated carbocycles. The van der Waals surface area contributed by atoms with Gasteiger partial charge in [-0.05, 0) is 36.6 Å². The molecular formula is C15H16ClN5. The summed E-state index contributed by atoms with van der Waals surface area (Å²) in [5.74, 6) is 0.655. The van der Waals surface area contributed by atoms with Crippen LogP contribution in [0, 0.1) is 0 Å². The van der Waals surface area contributed by atoms with Gasteiger partial charge < -0.3 is 0 Å². The smallest absolute Gasteiger partial charge is 0.0827 e. The van der Waals surface area contributed by atoms with E-state index in [1.54, 1.807) is 6.20 Å². The first kappa shape index (κ1) is 13.8. The summed E-state index contributed by atoms with van der Waals surface area (Å²) < 4.78 is 3.69. The highest BCUT2D eigenvalue weighted by atomic mass is 35.5. The van der Waals surface area contributed by atoms with Gasteiger partial charge in [-0.15, -0.1) is 16.7 Å². The second-order valence-corrected chi connectivity index (χ2v) is 5.20. The molecule has 21 heavy (non-hydrogen) atoms. The van der Waals surface area contributed by atoms with Gasteiger partial charge >= 0.3 is 0 Å². The van der Waals surface area contributed by atoms with Crippen LogP contribution in [0.4, 0.5) is 0 Å². The highest BCUT2D eigenvalue weighted by Gasteiger charge is 2.02. The van der Waals surface area contributed by atoms with Crippen LogP contribution in [0.1, 0.15) is 17.7 Å². The van der Waals surface area contributed by atoms with Crippen molar-refractivity contribution in [2.75, 3.05) is 5.88 Å². The molecule has 0 aliphatic rings. The third-order valence-corrected chi connectivity index (χ3v) is 3.47. The number of nitrogens with zero attached hydrogens (tertiary/aromatic N) is 5. The van der Waals surface area contributed by atoms with E-state index in [0.717, 1.165) is 24.2 Å². The highest BCUT2D eigenvalue weighted by Crippen LogP contribution is 2.10. The van der Waals surface area contributed by atoms with Gasteiger partial charge in [-0.25, -0.2) is 9.36 Å². The van der Waals surface area contributed by atoms with Crippen LogP contribution < -0.4 is 0 Å². The van der Waals surface area contributed by atoms with Gasteiger partial charge in [-0.2, -0.15) is 5.10 Å². The second-order valence-electron chi connectivity index (χ2n) is 4.82. The lowest BCUT2D eigenvalue weighted by Crippen LogP contribution is -2.01. The Morgan fingerprint density at radius 2 is 2.00 bits per heavy atom. The molecule has 0 fully saturated rings. The van der Waals surface area contributed by atoms with Gasteiger partial charge in [0.15, 0.2) is 0 Å². The summed E-state index contributed by atoms with van der Waals surface area (Å²) in [4.78, 5) is 0. The van der Waals surface area contributed by atoms with Crippen molar-refractivity contribution in [1.29, 1.82) is 0 Å². The van der Waals surface area contributed by atoms with Gasteiger partial charge in [0, 0.05) is 24.5 Å². The van der Waals surface area contributed by atoms with Crippen LogP contribution in [0.2, 0.25) is 0 Å². The molecule has 108 valence electrons. The van der Waals surface area contributed by atoms with Gasteiger partial charge in [0.1, 0.15) is 0 Å². The molecule has 0 aliphatic heterocycles. The molecule has 1 aromatic carbocycles. The van der Waals surface area contributed by atoms with Crippen molar-refractivity contribution in [1.82, 2.24) is 24.8 Å². The fraction of sp³-hybridized carbons (Fsp3) is 0.267. The molecule has 5 nitrogen and oxygen atoms in total. The van der Waals surface area contributed by atoms with Crippen LogP contribution in [-0.4, -0.2) is 30.7 Å². The number of benzene rings is 1. The lowest BCUT2D eigenvalue weighted by molar-refractivity contribution is 0.649. The largest absolute Gasteiger partial charge is 0.248 e. The fourth-order valence-electron chi connectivity index (χ4n) is 2.14. The normalized spacial score (nSPS) is 10.9. The minimum Gasteiger partial charge on any atom is -0.248 e. The van der Waals surface area contributed by atoms with E-state index < -0.39 is 0 Å². The molecule has 0 radical (unpaired) electrons. The minimum absolute atomic E-state index is 0.655. The summed E-state index contributed by atoms with van der Waals surface area (Å²) in [5, 5.41) is 12.5. The van der Waals surface area contributed by atoms with E-state index in [0.29, 0.717) is 12.4 Å². The van der Waals surface area contributed by atoms with E-state index in [-0.39, 0.29) is 0 Å². The first-order valence-corrected chi connectivity index (χ1v) is 7.42. The summed E-state index contributed by atoms with van der Waals surface area (Å²) in [6.07, 6.45) is 7.48. The van der Waals surface area contributed by atoms with Crippen molar-refractivity contribution < 1.29 is 0 Å². The monoisotopic (exact) mass is 301 g/mol. The summed E-state index contributed by atoms with van der Waals surface area (Å²) in [7, 11) is 0. The van der Waals surface area contributed by atoms with Crippen LogP contribution in [0.15, 0.2) is 48.9 Å². The van der Waals surface area contributed by atoms with Gasteiger partial charge in [0.2, 0.25) is 0 Å². The number of halogens is 1. The van der Waals surface area contributed by atoms with Crippen molar-refractivity contribution in [3.8, 4) is 5.69 Å². The van der Waals surface area contributed by atoms with E-state index in [2.05, 4.69) is 27.5 Å². The molecule has 3 rings (SSSR count). The van der Waals surface area contributed by atoms with Gasteiger partial charge in [0.25, 0.3) is 0 Å². The van der Waals surface area contributed by atoms with E-state index in [1.165, 1.54) is 5.56 Å². The van der Waals surface area contributed by atoms with Crippen molar-refractivity contribution in [3.05, 3.63) is 60.2 Å². The Bertz CT molecular complexity index is 672. The quantitative estimate of drug-likeness (QED) is 0.658. The van der Waals surface area contributed by atoms with Crippen molar-refractivity contribution in [2.45, 2.75) is 19.4 Å². The van der Waals surface area contributed by atoms with Crippen LogP contribution in [0.5, 0.6) is 0 Å². The number of aryl methyl sites for hydroxylation is 1. The molecule has 2 heterocycles. The average Bonchev–Trinajstić information content (AvgIpc) is 3.17. The summed E-state index contributed by atoms with van der Waals surface area (Å²) in [6, 6.07) is 10.2. The van der Waals surface area contributed by atoms with Gasteiger partial charge in [-0.3, -0.25) is 0 Å². The van der Waals surface area contributed by atoms with Crippen molar-refractivity contribution in [3.63, 3.8) is 0 Å². The average molecular weight is 302 g/mol. The first-order chi connectivity index (χ1) is 10.3.